The van der Waals surface area contributed by atoms with Crippen molar-refractivity contribution in [2.24, 2.45) is 7.05 Å². The van der Waals surface area contributed by atoms with Crippen LogP contribution >= 0.6 is 0 Å². The van der Waals surface area contributed by atoms with Crippen LogP contribution in [0.3, 0.4) is 0 Å². The number of H-pyrrole nitrogens is 1. The van der Waals surface area contributed by atoms with Gasteiger partial charge in [0.25, 0.3) is 5.91 Å². The molecule has 132 valence electrons. The molecule has 0 atom stereocenters. The summed E-state index contributed by atoms with van der Waals surface area (Å²) in [6.07, 6.45) is 3.25. The highest BCUT2D eigenvalue weighted by Crippen LogP contribution is 2.28. The molecule has 0 aliphatic carbocycles. The van der Waals surface area contributed by atoms with Crippen molar-refractivity contribution in [3.05, 3.63) is 53.4 Å². The minimum Gasteiger partial charge on any atom is -0.345 e. The lowest BCUT2D eigenvalue weighted by Crippen LogP contribution is -2.38. The van der Waals surface area contributed by atoms with Gasteiger partial charge in [0.2, 0.25) is 0 Å². The van der Waals surface area contributed by atoms with E-state index in [2.05, 4.69) is 16.0 Å². The summed E-state index contributed by atoms with van der Waals surface area (Å²) in [5.74, 6) is 0.729. The fourth-order valence-electron chi connectivity index (χ4n) is 3.55. The third-order valence-electron chi connectivity index (χ3n) is 4.98. The Kier molecular flexibility index (Phi) is 3.96. The zero-order valence-electron chi connectivity index (χ0n) is 14.4. The highest BCUT2D eigenvalue weighted by Gasteiger charge is 2.27. The molecule has 26 heavy (non-hydrogen) atoms. The zero-order valence-corrected chi connectivity index (χ0v) is 14.4. The van der Waals surface area contributed by atoms with Gasteiger partial charge >= 0.3 is 0 Å². The van der Waals surface area contributed by atoms with E-state index in [9.17, 15) is 9.18 Å². The Labute approximate surface area is 149 Å². The molecule has 0 unspecified atom stereocenters. The SMILES string of the molecule is Cn1cc(C#N)cc1C(=O)N1CCC(c2nc3ccc(F)cc3[nH]2)CC1. The Balaban J connectivity index is 1.47. The van der Waals surface area contributed by atoms with Crippen LogP contribution in [0.1, 0.15) is 40.6 Å². The Morgan fingerprint density at radius 1 is 1.35 bits per heavy atom. The number of nitrogens with zero attached hydrogens (tertiary/aromatic N) is 4. The van der Waals surface area contributed by atoms with E-state index in [1.165, 1.54) is 12.1 Å². The van der Waals surface area contributed by atoms with E-state index in [0.717, 1.165) is 24.2 Å². The van der Waals surface area contributed by atoms with Crippen LogP contribution in [0.15, 0.2) is 30.5 Å². The molecule has 1 aliphatic rings. The van der Waals surface area contributed by atoms with E-state index >= 15 is 0 Å². The molecule has 0 bridgehead atoms. The minimum absolute atomic E-state index is 0.0564. The number of likely N-dealkylation sites (tertiary alicyclic amines) is 1. The first-order chi connectivity index (χ1) is 12.5. The van der Waals surface area contributed by atoms with Crippen LogP contribution in [-0.2, 0) is 7.05 Å². The van der Waals surface area contributed by atoms with Gasteiger partial charge in [-0.1, -0.05) is 0 Å². The number of aromatic nitrogens is 3. The standard InChI is InChI=1S/C19H18FN5O/c1-24-11-12(10-21)8-17(24)19(26)25-6-4-13(5-7-25)18-22-15-3-2-14(20)9-16(15)23-18/h2-3,8-9,11,13H,4-7H2,1H3,(H,22,23). The topological polar surface area (TPSA) is 77.7 Å². The number of aromatic amines is 1. The van der Waals surface area contributed by atoms with Gasteiger partial charge in [-0.05, 0) is 37.1 Å². The molecule has 7 heteroatoms. The average Bonchev–Trinajstić information content (AvgIpc) is 3.24. The summed E-state index contributed by atoms with van der Waals surface area (Å²) in [5, 5.41) is 8.98. The minimum atomic E-state index is -0.285. The fourth-order valence-corrected chi connectivity index (χ4v) is 3.55. The van der Waals surface area contributed by atoms with Gasteiger partial charge in [-0.15, -0.1) is 0 Å². The van der Waals surface area contributed by atoms with Gasteiger partial charge in [-0.25, -0.2) is 9.37 Å². The van der Waals surface area contributed by atoms with Gasteiger partial charge < -0.3 is 14.5 Å². The quantitative estimate of drug-likeness (QED) is 0.771. The molecule has 1 saturated heterocycles. The second-order valence-electron chi connectivity index (χ2n) is 6.69. The Morgan fingerprint density at radius 2 is 2.12 bits per heavy atom. The van der Waals surface area contributed by atoms with E-state index < -0.39 is 0 Å². The number of carbonyl (C=O) groups is 1. The molecular weight excluding hydrogens is 333 g/mol. The van der Waals surface area contributed by atoms with Crippen LogP contribution in [0, 0.1) is 17.1 Å². The summed E-state index contributed by atoms with van der Waals surface area (Å²) in [6, 6.07) is 8.22. The van der Waals surface area contributed by atoms with Crippen LogP contribution in [0.5, 0.6) is 0 Å². The molecular formula is C19H18FN5O. The third-order valence-corrected chi connectivity index (χ3v) is 4.98. The van der Waals surface area contributed by atoms with Crippen molar-refractivity contribution in [1.29, 1.82) is 5.26 Å². The molecule has 2 aromatic heterocycles. The molecule has 0 radical (unpaired) electrons. The van der Waals surface area contributed by atoms with Crippen molar-refractivity contribution >= 4 is 16.9 Å². The summed E-state index contributed by atoms with van der Waals surface area (Å²) < 4.78 is 15.0. The number of halogens is 1. The number of nitrogens with one attached hydrogen (secondary N) is 1. The highest BCUT2D eigenvalue weighted by molar-refractivity contribution is 5.93. The second kappa shape index (κ2) is 6.30. The van der Waals surface area contributed by atoms with E-state index in [4.69, 9.17) is 5.26 Å². The van der Waals surface area contributed by atoms with Crippen molar-refractivity contribution in [2.75, 3.05) is 13.1 Å². The average molecular weight is 351 g/mol. The molecule has 1 N–H and O–H groups in total. The second-order valence-corrected chi connectivity index (χ2v) is 6.69. The monoisotopic (exact) mass is 351 g/mol. The van der Waals surface area contributed by atoms with Crippen LogP contribution in [0.25, 0.3) is 11.0 Å². The maximum absolute atomic E-state index is 13.3. The Bertz CT molecular complexity index is 1020. The fraction of sp³-hybridized carbons (Fsp3) is 0.316. The molecule has 1 aromatic carbocycles. The molecule has 6 nitrogen and oxygen atoms in total. The number of hydrogen-bond donors (Lipinski definition) is 1. The maximum atomic E-state index is 13.3. The first kappa shape index (κ1) is 16.3. The largest absolute Gasteiger partial charge is 0.345 e. The number of aryl methyl sites for hydroxylation is 1. The lowest BCUT2D eigenvalue weighted by atomic mass is 9.96. The number of piperidine rings is 1. The predicted octanol–water partition coefficient (Wildman–Crippen LogP) is 2.93. The van der Waals surface area contributed by atoms with Crippen molar-refractivity contribution in [1.82, 2.24) is 19.4 Å². The molecule has 1 aliphatic heterocycles. The molecule has 3 heterocycles. The number of benzene rings is 1. The number of amides is 1. The maximum Gasteiger partial charge on any atom is 0.270 e. The van der Waals surface area contributed by atoms with Crippen molar-refractivity contribution in [3.8, 4) is 6.07 Å². The first-order valence-electron chi connectivity index (χ1n) is 8.56. The normalized spacial score (nSPS) is 15.3. The third kappa shape index (κ3) is 2.84. The van der Waals surface area contributed by atoms with Crippen molar-refractivity contribution in [2.45, 2.75) is 18.8 Å². The zero-order chi connectivity index (χ0) is 18.3. The van der Waals surface area contributed by atoms with E-state index in [1.54, 1.807) is 29.9 Å². The summed E-state index contributed by atoms with van der Waals surface area (Å²) in [5.41, 5.74) is 2.47. The smallest absolute Gasteiger partial charge is 0.270 e. The highest BCUT2D eigenvalue weighted by atomic mass is 19.1. The van der Waals surface area contributed by atoms with Gasteiger partial charge in [0.15, 0.2) is 0 Å². The molecule has 3 aromatic rings. The number of nitriles is 1. The molecule has 4 rings (SSSR count). The van der Waals surface area contributed by atoms with Gasteiger partial charge in [-0.3, -0.25) is 4.79 Å². The lowest BCUT2D eigenvalue weighted by Gasteiger charge is -2.31. The molecule has 0 spiro atoms. The van der Waals surface area contributed by atoms with Gasteiger partial charge in [0, 0.05) is 32.3 Å². The number of carbonyl (C=O) groups excluding carboxylic acids is 1. The number of fused-ring (bicyclic) bond motifs is 1. The molecule has 1 amide bonds. The predicted molar refractivity (Wildman–Crippen MR) is 94.1 cm³/mol. The van der Waals surface area contributed by atoms with Gasteiger partial charge in [0.1, 0.15) is 23.4 Å². The number of hydrogen-bond acceptors (Lipinski definition) is 3. The molecule has 1 fully saturated rings. The van der Waals surface area contributed by atoms with E-state index in [1.807, 2.05) is 4.90 Å². The van der Waals surface area contributed by atoms with Crippen LogP contribution in [-0.4, -0.2) is 38.4 Å². The summed E-state index contributed by atoms with van der Waals surface area (Å²) in [7, 11) is 1.77. The Morgan fingerprint density at radius 3 is 2.81 bits per heavy atom. The van der Waals surface area contributed by atoms with Crippen LogP contribution in [0.2, 0.25) is 0 Å². The van der Waals surface area contributed by atoms with Crippen LogP contribution in [0.4, 0.5) is 4.39 Å². The summed E-state index contributed by atoms with van der Waals surface area (Å²) >= 11 is 0. The van der Waals surface area contributed by atoms with E-state index in [0.29, 0.717) is 29.9 Å². The lowest BCUT2D eigenvalue weighted by molar-refractivity contribution is 0.0701. The Hall–Kier alpha value is -3.14. The van der Waals surface area contributed by atoms with Gasteiger partial charge in [0.05, 0.1) is 16.6 Å². The van der Waals surface area contributed by atoms with Crippen LogP contribution < -0.4 is 0 Å². The van der Waals surface area contributed by atoms with Crippen molar-refractivity contribution in [3.63, 3.8) is 0 Å². The molecule has 0 saturated carbocycles. The van der Waals surface area contributed by atoms with Crippen molar-refractivity contribution < 1.29 is 9.18 Å². The first-order valence-corrected chi connectivity index (χ1v) is 8.56. The summed E-state index contributed by atoms with van der Waals surface area (Å²) in [4.78, 5) is 22.3. The number of rotatable bonds is 2. The summed E-state index contributed by atoms with van der Waals surface area (Å²) in [6.45, 7) is 1.25. The van der Waals surface area contributed by atoms with Gasteiger partial charge in [-0.2, -0.15) is 5.26 Å². The van der Waals surface area contributed by atoms with E-state index in [-0.39, 0.29) is 17.6 Å². The number of imidazole rings is 1.